The van der Waals surface area contributed by atoms with Crippen LogP contribution in [0.1, 0.15) is 36.0 Å². The van der Waals surface area contributed by atoms with Gasteiger partial charge in [0.05, 0.1) is 17.6 Å². The van der Waals surface area contributed by atoms with Crippen LogP contribution < -0.4 is 0 Å². The molecule has 0 aliphatic carbocycles. The monoisotopic (exact) mass is 355 g/mol. The molecule has 1 aliphatic heterocycles. The SMILES string of the molecule is COC(=O)COC(=O)c1ccc(S(=O)(=O)N2CCCCCC2)cc1. The number of ether oxygens (including phenoxy) is 2. The van der Waals surface area contributed by atoms with Crippen LogP contribution in [0.3, 0.4) is 0 Å². The van der Waals surface area contributed by atoms with E-state index < -0.39 is 28.6 Å². The summed E-state index contributed by atoms with van der Waals surface area (Å²) < 4.78 is 35.9. The molecule has 8 heteroatoms. The summed E-state index contributed by atoms with van der Waals surface area (Å²) in [6.07, 6.45) is 3.79. The molecule has 0 saturated carbocycles. The average molecular weight is 355 g/mol. The molecule has 132 valence electrons. The summed E-state index contributed by atoms with van der Waals surface area (Å²) in [6, 6.07) is 5.53. The molecule has 0 N–H and O–H groups in total. The van der Waals surface area contributed by atoms with Gasteiger partial charge in [-0.25, -0.2) is 18.0 Å². The van der Waals surface area contributed by atoms with Crippen LogP contribution in [0.5, 0.6) is 0 Å². The molecule has 0 atom stereocenters. The highest BCUT2D eigenvalue weighted by Crippen LogP contribution is 2.20. The van der Waals surface area contributed by atoms with Crippen molar-refractivity contribution in [3.8, 4) is 0 Å². The summed E-state index contributed by atoms with van der Waals surface area (Å²) in [5, 5.41) is 0. The van der Waals surface area contributed by atoms with Crippen LogP contribution in [0, 0.1) is 0 Å². The zero-order valence-corrected chi connectivity index (χ0v) is 14.4. The van der Waals surface area contributed by atoms with E-state index in [1.165, 1.54) is 35.7 Å². The third-order valence-corrected chi connectivity index (χ3v) is 5.75. The summed E-state index contributed by atoms with van der Waals surface area (Å²) in [5.41, 5.74) is 0.175. The van der Waals surface area contributed by atoms with E-state index in [4.69, 9.17) is 4.74 Å². The number of hydrogen-bond acceptors (Lipinski definition) is 6. The van der Waals surface area contributed by atoms with E-state index in [-0.39, 0.29) is 10.5 Å². The number of methoxy groups -OCH3 is 1. The van der Waals surface area contributed by atoms with Crippen LogP contribution in [0.15, 0.2) is 29.2 Å². The Bertz CT molecular complexity index is 675. The molecule has 7 nitrogen and oxygen atoms in total. The van der Waals surface area contributed by atoms with Crippen molar-refractivity contribution >= 4 is 22.0 Å². The van der Waals surface area contributed by atoms with Gasteiger partial charge in [-0.2, -0.15) is 4.31 Å². The Morgan fingerprint density at radius 3 is 2.17 bits per heavy atom. The molecular weight excluding hydrogens is 334 g/mol. The predicted octanol–water partition coefficient (Wildman–Crippen LogP) is 1.58. The summed E-state index contributed by atoms with van der Waals surface area (Å²) in [4.78, 5) is 22.9. The van der Waals surface area contributed by atoms with Gasteiger partial charge in [-0.1, -0.05) is 12.8 Å². The lowest BCUT2D eigenvalue weighted by molar-refractivity contribution is -0.144. The molecule has 1 aromatic carbocycles. The first-order valence-corrected chi connectivity index (χ1v) is 9.23. The van der Waals surface area contributed by atoms with Crippen LogP contribution >= 0.6 is 0 Å². The van der Waals surface area contributed by atoms with Crippen molar-refractivity contribution in [2.75, 3.05) is 26.8 Å². The van der Waals surface area contributed by atoms with Crippen LogP contribution in [-0.2, 0) is 24.3 Å². The second-order valence-electron chi connectivity index (χ2n) is 5.49. The van der Waals surface area contributed by atoms with Gasteiger partial charge in [0.25, 0.3) is 0 Å². The van der Waals surface area contributed by atoms with E-state index in [0.717, 1.165) is 25.7 Å². The molecule has 1 saturated heterocycles. The average Bonchev–Trinajstić information content (AvgIpc) is 2.89. The standard InChI is InChI=1S/C16H21NO6S/c1-22-15(18)12-23-16(19)13-6-8-14(9-7-13)24(20,21)17-10-4-2-3-5-11-17/h6-9H,2-5,10-12H2,1H3. The van der Waals surface area contributed by atoms with Gasteiger partial charge in [-0.05, 0) is 37.1 Å². The van der Waals surface area contributed by atoms with Gasteiger partial charge >= 0.3 is 11.9 Å². The highest BCUT2D eigenvalue weighted by atomic mass is 32.2. The summed E-state index contributed by atoms with van der Waals surface area (Å²) in [6.45, 7) is 0.555. The maximum atomic E-state index is 12.6. The molecule has 0 spiro atoms. The maximum Gasteiger partial charge on any atom is 0.344 e. The number of carbonyl (C=O) groups is 2. The van der Waals surface area contributed by atoms with Crippen molar-refractivity contribution in [1.82, 2.24) is 4.31 Å². The topological polar surface area (TPSA) is 90.0 Å². The molecule has 0 aromatic heterocycles. The normalized spacial score (nSPS) is 16.2. The van der Waals surface area contributed by atoms with E-state index in [0.29, 0.717) is 13.1 Å². The number of rotatable bonds is 5. The lowest BCUT2D eigenvalue weighted by Crippen LogP contribution is -2.31. The molecule has 1 aromatic rings. The van der Waals surface area contributed by atoms with Crippen LogP contribution in [0.4, 0.5) is 0 Å². The van der Waals surface area contributed by atoms with Crippen molar-refractivity contribution in [3.63, 3.8) is 0 Å². The van der Waals surface area contributed by atoms with E-state index >= 15 is 0 Å². The van der Waals surface area contributed by atoms with Gasteiger partial charge in [-0.15, -0.1) is 0 Å². The summed E-state index contributed by atoms with van der Waals surface area (Å²) in [7, 11) is -2.36. The smallest absolute Gasteiger partial charge is 0.344 e. The van der Waals surface area contributed by atoms with Gasteiger partial charge in [0.1, 0.15) is 0 Å². The first-order chi connectivity index (χ1) is 11.4. The predicted molar refractivity (Wildman–Crippen MR) is 86.0 cm³/mol. The number of nitrogens with zero attached hydrogens (tertiary/aromatic N) is 1. The van der Waals surface area contributed by atoms with Crippen LogP contribution in [0.2, 0.25) is 0 Å². The molecule has 0 amide bonds. The number of carbonyl (C=O) groups excluding carboxylic acids is 2. The number of esters is 2. The highest BCUT2D eigenvalue weighted by molar-refractivity contribution is 7.89. The number of benzene rings is 1. The Morgan fingerprint density at radius 2 is 1.62 bits per heavy atom. The summed E-state index contributed by atoms with van der Waals surface area (Å²) in [5.74, 6) is -1.37. The molecule has 24 heavy (non-hydrogen) atoms. The largest absolute Gasteiger partial charge is 0.466 e. The first-order valence-electron chi connectivity index (χ1n) is 7.79. The molecule has 1 aliphatic rings. The fourth-order valence-electron chi connectivity index (χ4n) is 2.46. The first kappa shape index (κ1) is 18.4. The zero-order chi connectivity index (χ0) is 17.6. The third-order valence-electron chi connectivity index (χ3n) is 3.84. The molecule has 0 bridgehead atoms. The highest BCUT2D eigenvalue weighted by Gasteiger charge is 2.25. The molecule has 0 radical (unpaired) electrons. The van der Waals surface area contributed by atoms with E-state index in [1.807, 2.05) is 0 Å². The Hall–Kier alpha value is -1.93. The Morgan fingerprint density at radius 1 is 1.04 bits per heavy atom. The van der Waals surface area contributed by atoms with Crippen LogP contribution in [0.25, 0.3) is 0 Å². The minimum absolute atomic E-state index is 0.147. The van der Waals surface area contributed by atoms with Gasteiger partial charge in [0.15, 0.2) is 6.61 Å². The van der Waals surface area contributed by atoms with Crippen molar-refractivity contribution in [2.24, 2.45) is 0 Å². The van der Waals surface area contributed by atoms with Crippen molar-refractivity contribution in [1.29, 1.82) is 0 Å². The fraction of sp³-hybridized carbons (Fsp3) is 0.500. The minimum Gasteiger partial charge on any atom is -0.466 e. The van der Waals surface area contributed by atoms with Crippen molar-refractivity contribution in [2.45, 2.75) is 30.6 Å². The second-order valence-corrected chi connectivity index (χ2v) is 7.43. The van der Waals surface area contributed by atoms with Gasteiger partial charge < -0.3 is 9.47 Å². The molecule has 2 rings (SSSR count). The van der Waals surface area contributed by atoms with E-state index in [2.05, 4.69) is 4.74 Å². The number of hydrogen-bond donors (Lipinski definition) is 0. The van der Waals surface area contributed by atoms with E-state index in [1.54, 1.807) is 0 Å². The van der Waals surface area contributed by atoms with Crippen molar-refractivity contribution < 1.29 is 27.5 Å². The maximum absolute atomic E-state index is 12.6. The molecular formula is C16H21NO6S. The Balaban J connectivity index is 2.07. The molecule has 1 fully saturated rings. The number of sulfonamides is 1. The van der Waals surface area contributed by atoms with Crippen molar-refractivity contribution in [3.05, 3.63) is 29.8 Å². The second kappa shape index (κ2) is 8.25. The Kier molecular flexibility index (Phi) is 6.33. The summed E-state index contributed by atoms with van der Waals surface area (Å²) >= 11 is 0. The van der Waals surface area contributed by atoms with Crippen LogP contribution in [-0.4, -0.2) is 51.5 Å². The van der Waals surface area contributed by atoms with Gasteiger partial charge in [0, 0.05) is 13.1 Å². The minimum atomic E-state index is -3.55. The zero-order valence-electron chi connectivity index (χ0n) is 13.6. The van der Waals surface area contributed by atoms with E-state index in [9.17, 15) is 18.0 Å². The van der Waals surface area contributed by atoms with Gasteiger partial charge in [0.2, 0.25) is 10.0 Å². The Labute approximate surface area is 141 Å². The fourth-order valence-corrected chi connectivity index (χ4v) is 3.98. The third kappa shape index (κ3) is 4.55. The lowest BCUT2D eigenvalue weighted by atomic mass is 10.2. The quantitative estimate of drug-likeness (QED) is 0.745. The lowest BCUT2D eigenvalue weighted by Gasteiger charge is -2.19. The van der Waals surface area contributed by atoms with Gasteiger partial charge in [-0.3, -0.25) is 0 Å². The molecule has 0 unspecified atom stereocenters. The molecule has 1 heterocycles.